The topological polar surface area (TPSA) is 43.4 Å². The highest BCUT2D eigenvalue weighted by Crippen LogP contribution is 2.37. The average Bonchev–Trinajstić information content (AvgIpc) is 2.86. The van der Waals surface area contributed by atoms with Crippen LogP contribution in [-0.2, 0) is 0 Å². The largest absolute Gasteiger partial charge is 0.486 e. The molecule has 4 nitrogen and oxygen atoms in total. The number of nitrogens with one attached hydrogen (secondary N) is 1. The van der Waals surface area contributed by atoms with Crippen molar-refractivity contribution >= 4 is 16.5 Å². The van der Waals surface area contributed by atoms with Crippen LogP contribution in [0.4, 0.5) is 5.13 Å². The van der Waals surface area contributed by atoms with Gasteiger partial charge < -0.3 is 14.8 Å². The molecule has 5 heteroatoms. The van der Waals surface area contributed by atoms with Gasteiger partial charge in [0, 0.05) is 18.0 Å². The van der Waals surface area contributed by atoms with E-state index in [-0.39, 0.29) is 0 Å². The second-order valence-corrected chi connectivity index (χ2v) is 4.96. The zero-order valence-corrected chi connectivity index (χ0v) is 11.1. The summed E-state index contributed by atoms with van der Waals surface area (Å²) >= 11 is 1.60. The van der Waals surface area contributed by atoms with Gasteiger partial charge in [-0.15, -0.1) is 11.3 Å². The molecule has 0 radical (unpaired) electrons. The molecule has 0 amide bonds. The molecule has 0 bridgehead atoms. The van der Waals surface area contributed by atoms with Crippen LogP contribution < -0.4 is 14.8 Å². The molecule has 18 heavy (non-hydrogen) atoms. The fourth-order valence-electron chi connectivity index (χ4n) is 1.98. The summed E-state index contributed by atoms with van der Waals surface area (Å²) in [6.07, 6.45) is 0. The standard InChI is InChI=1S/C13H14N2O2S/c1-8-5-11-12(17-4-3-16-11)6-9(8)10-7-18-13(14-2)15-10/h5-7H,3-4H2,1-2H3,(H,14,15). The van der Waals surface area contributed by atoms with Crippen LogP contribution in [0.1, 0.15) is 5.56 Å². The SMILES string of the molecule is CNc1nc(-c2cc3c(cc2C)OCCO3)cs1. The minimum Gasteiger partial charge on any atom is -0.486 e. The van der Waals surface area contributed by atoms with Crippen molar-refractivity contribution in [2.75, 3.05) is 25.6 Å². The highest BCUT2D eigenvalue weighted by atomic mass is 32.1. The van der Waals surface area contributed by atoms with Crippen molar-refractivity contribution in [3.8, 4) is 22.8 Å². The maximum atomic E-state index is 5.61. The van der Waals surface area contributed by atoms with E-state index in [1.807, 2.05) is 24.6 Å². The van der Waals surface area contributed by atoms with E-state index in [4.69, 9.17) is 9.47 Å². The minimum atomic E-state index is 0.605. The molecule has 1 N–H and O–H groups in total. The molecule has 0 saturated heterocycles. The highest BCUT2D eigenvalue weighted by molar-refractivity contribution is 7.14. The van der Waals surface area contributed by atoms with Gasteiger partial charge in [-0.05, 0) is 24.6 Å². The van der Waals surface area contributed by atoms with E-state index in [9.17, 15) is 0 Å². The molecule has 3 rings (SSSR count). The van der Waals surface area contributed by atoms with E-state index in [1.54, 1.807) is 11.3 Å². The molecule has 1 aliphatic rings. The van der Waals surface area contributed by atoms with E-state index in [0.717, 1.165) is 33.5 Å². The van der Waals surface area contributed by atoms with Gasteiger partial charge in [-0.1, -0.05) is 0 Å². The van der Waals surface area contributed by atoms with Crippen LogP contribution >= 0.6 is 11.3 Å². The van der Waals surface area contributed by atoms with Gasteiger partial charge in [0.05, 0.1) is 5.69 Å². The van der Waals surface area contributed by atoms with E-state index < -0.39 is 0 Å². The number of thiazole rings is 1. The lowest BCUT2D eigenvalue weighted by molar-refractivity contribution is 0.171. The van der Waals surface area contributed by atoms with Gasteiger partial charge in [-0.3, -0.25) is 0 Å². The fourth-order valence-corrected chi connectivity index (χ4v) is 2.65. The van der Waals surface area contributed by atoms with E-state index >= 15 is 0 Å². The molecule has 1 aliphatic heterocycles. The molecule has 1 aromatic carbocycles. The minimum absolute atomic E-state index is 0.605. The summed E-state index contributed by atoms with van der Waals surface area (Å²) in [5.41, 5.74) is 3.21. The maximum absolute atomic E-state index is 5.61. The third-order valence-corrected chi connectivity index (χ3v) is 3.74. The number of aromatic nitrogens is 1. The number of rotatable bonds is 2. The number of anilines is 1. The first-order valence-electron chi connectivity index (χ1n) is 5.82. The van der Waals surface area contributed by atoms with E-state index in [2.05, 4.69) is 17.2 Å². The molecular formula is C13H14N2O2S. The third kappa shape index (κ3) is 1.90. The predicted molar refractivity (Wildman–Crippen MR) is 72.8 cm³/mol. The second kappa shape index (κ2) is 4.49. The molecule has 0 saturated carbocycles. The Morgan fingerprint density at radius 1 is 1.22 bits per heavy atom. The second-order valence-electron chi connectivity index (χ2n) is 4.10. The van der Waals surface area contributed by atoms with Crippen molar-refractivity contribution in [3.63, 3.8) is 0 Å². The molecular weight excluding hydrogens is 248 g/mol. The van der Waals surface area contributed by atoms with Gasteiger partial charge in [0.15, 0.2) is 16.6 Å². The first-order chi connectivity index (χ1) is 8.78. The van der Waals surface area contributed by atoms with Crippen LogP contribution in [0.2, 0.25) is 0 Å². The number of ether oxygens (including phenoxy) is 2. The summed E-state index contributed by atoms with van der Waals surface area (Å²) in [4.78, 5) is 4.52. The molecule has 0 atom stereocenters. The van der Waals surface area contributed by atoms with E-state index in [0.29, 0.717) is 13.2 Å². The number of aryl methyl sites for hydroxylation is 1. The summed E-state index contributed by atoms with van der Waals surface area (Å²) in [5, 5.41) is 6.01. The number of hydrogen-bond acceptors (Lipinski definition) is 5. The summed E-state index contributed by atoms with van der Waals surface area (Å²) < 4.78 is 11.2. The molecule has 1 aromatic heterocycles. The van der Waals surface area contributed by atoms with Gasteiger partial charge in [-0.2, -0.15) is 0 Å². The average molecular weight is 262 g/mol. The lowest BCUT2D eigenvalue weighted by atomic mass is 10.1. The van der Waals surface area contributed by atoms with Gasteiger partial charge in [0.2, 0.25) is 0 Å². The molecule has 2 heterocycles. The Morgan fingerprint density at radius 3 is 2.61 bits per heavy atom. The Balaban J connectivity index is 2.06. The Hall–Kier alpha value is -1.75. The number of hydrogen-bond donors (Lipinski definition) is 1. The summed E-state index contributed by atoms with van der Waals surface area (Å²) in [6.45, 7) is 3.28. The molecule has 94 valence electrons. The zero-order chi connectivity index (χ0) is 12.5. The lowest BCUT2D eigenvalue weighted by Crippen LogP contribution is -2.15. The first kappa shape index (κ1) is 11.3. The van der Waals surface area contributed by atoms with Crippen LogP contribution in [0.15, 0.2) is 17.5 Å². The van der Waals surface area contributed by atoms with Crippen LogP contribution in [0.25, 0.3) is 11.3 Å². The van der Waals surface area contributed by atoms with Crippen molar-refractivity contribution in [1.29, 1.82) is 0 Å². The van der Waals surface area contributed by atoms with Gasteiger partial charge in [-0.25, -0.2) is 4.98 Å². The summed E-state index contributed by atoms with van der Waals surface area (Å²) in [5.74, 6) is 1.63. The van der Waals surface area contributed by atoms with Crippen molar-refractivity contribution in [1.82, 2.24) is 4.98 Å². The molecule has 2 aromatic rings. The molecule has 0 fully saturated rings. The van der Waals surface area contributed by atoms with Gasteiger partial charge in [0.1, 0.15) is 13.2 Å². The summed E-state index contributed by atoms with van der Waals surface area (Å²) in [6, 6.07) is 4.03. The van der Waals surface area contributed by atoms with Crippen molar-refractivity contribution < 1.29 is 9.47 Å². The van der Waals surface area contributed by atoms with Gasteiger partial charge >= 0.3 is 0 Å². The predicted octanol–water partition coefficient (Wildman–Crippen LogP) is 2.93. The highest BCUT2D eigenvalue weighted by Gasteiger charge is 2.16. The Kier molecular flexibility index (Phi) is 2.83. The van der Waals surface area contributed by atoms with Crippen LogP contribution in [0, 0.1) is 6.92 Å². The third-order valence-electron chi connectivity index (χ3n) is 2.88. The quantitative estimate of drug-likeness (QED) is 0.903. The zero-order valence-electron chi connectivity index (χ0n) is 10.3. The molecule has 0 unspecified atom stereocenters. The van der Waals surface area contributed by atoms with Crippen molar-refractivity contribution in [3.05, 3.63) is 23.1 Å². The van der Waals surface area contributed by atoms with Crippen molar-refractivity contribution in [2.24, 2.45) is 0 Å². The summed E-state index contributed by atoms with van der Waals surface area (Å²) in [7, 11) is 1.87. The number of fused-ring (bicyclic) bond motifs is 1. The lowest BCUT2D eigenvalue weighted by Gasteiger charge is -2.19. The van der Waals surface area contributed by atoms with Crippen LogP contribution in [0.3, 0.4) is 0 Å². The normalized spacial score (nSPS) is 13.4. The molecule has 0 aliphatic carbocycles. The van der Waals surface area contributed by atoms with E-state index in [1.165, 1.54) is 0 Å². The monoisotopic (exact) mass is 262 g/mol. The first-order valence-corrected chi connectivity index (χ1v) is 6.70. The Morgan fingerprint density at radius 2 is 1.94 bits per heavy atom. The fraction of sp³-hybridized carbons (Fsp3) is 0.308. The smallest absolute Gasteiger partial charge is 0.182 e. The van der Waals surface area contributed by atoms with Gasteiger partial charge in [0.25, 0.3) is 0 Å². The maximum Gasteiger partial charge on any atom is 0.182 e. The number of nitrogens with zero attached hydrogens (tertiary/aromatic N) is 1. The number of benzene rings is 1. The van der Waals surface area contributed by atoms with Crippen LogP contribution in [0.5, 0.6) is 11.5 Å². The van der Waals surface area contributed by atoms with Crippen LogP contribution in [-0.4, -0.2) is 25.2 Å². The Bertz CT molecular complexity index is 580. The van der Waals surface area contributed by atoms with Crippen molar-refractivity contribution in [2.45, 2.75) is 6.92 Å². The Labute approximate surface area is 110 Å². The molecule has 0 spiro atoms.